The first-order chi connectivity index (χ1) is 8.12. The number of likely N-dealkylation sites (tertiary alicyclic amines) is 1. The highest BCUT2D eigenvalue weighted by Crippen LogP contribution is 2.30. The lowest BCUT2D eigenvalue weighted by Gasteiger charge is -2.41. The van der Waals surface area contributed by atoms with E-state index in [9.17, 15) is 0 Å². The van der Waals surface area contributed by atoms with Crippen LogP contribution in [0, 0.1) is 0 Å². The van der Waals surface area contributed by atoms with Crippen molar-refractivity contribution in [2.45, 2.75) is 70.4 Å². The van der Waals surface area contributed by atoms with Gasteiger partial charge in [0.2, 0.25) is 0 Å². The van der Waals surface area contributed by atoms with E-state index in [1.165, 1.54) is 63.6 Å². The van der Waals surface area contributed by atoms with Crippen LogP contribution in [-0.4, -0.2) is 29.6 Å². The number of rotatable bonds is 3. The van der Waals surface area contributed by atoms with Gasteiger partial charge in [-0.05, 0) is 65.5 Å². The molecule has 1 aliphatic heterocycles. The third-order valence-electron chi connectivity index (χ3n) is 4.66. The maximum atomic E-state index is 6.57. The molecular formula is C15H28N2. The minimum atomic E-state index is 0.132. The summed E-state index contributed by atoms with van der Waals surface area (Å²) in [6, 6.07) is 0.221. The summed E-state index contributed by atoms with van der Waals surface area (Å²) in [5.41, 5.74) is 8.21. The lowest BCUT2D eigenvalue weighted by molar-refractivity contribution is 0.135. The van der Waals surface area contributed by atoms with Gasteiger partial charge in [0.05, 0.1) is 0 Å². The van der Waals surface area contributed by atoms with E-state index in [0.717, 1.165) is 0 Å². The zero-order valence-corrected chi connectivity index (χ0v) is 11.5. The van der Waals surface area contributed by atoms with Crippen molar-refractivity contribution in [1.29, 1.82) is 0 Å². The topological polar surface area (TPSA) is 29.3 Å². The minimum absolute atomic E-state index is 0.132. The van der Waals surface area contributed by atoms with Crippen LogP contribution < -0.4 is 5.73 Å². The van der Waals surface area contributed by atoms with E-state index in [2.05, 4.69) is 24.8 Å². The summed E-state index contributed by atoms with van der Waals surface area (Å²) in [5, 5.41) is 0. The third-order valence-corrected chi connectivity index (χ3v) is 4.66. The highest BCUT2D eigenvalue weighted by Gasteiger charge is 2.36. The Hall–Kier alpha value is -0.340. The van der Waals surface area contributed by atoms with Crippen molar-refractivity contribution in [2.75, 3.05) is 13.1 Å². The molecule has 1 atom stereocenters. The number of nitrogens with two attached hydrogens (primary N) is 1. The molecule has 1 heterocycles. The van der Waals surface area contributed by atoms with Gasteiger partial charge in [0.25, 0.3) is 0 Å². The number of nitrogens with zero attached hydrogens (tertiary/aromatic N) is 1. The maximum absolute atomic E-state index is 6.57. The molecule has 0 spiro atoms. The molecule has 2 aliphatic rings. The van der Waals surface area contributed by atoms with Gasteiger partial charge in [-0.25, -0.2) is 0 Å². The van der Waals surface area contributed by atoms with Gasteiger partial charge < -0.3 is 5.73 Å². The van der Waals surface area contributed by atoms with E-state index >= 15 is 0 Å². The molecule has 0 aromatic heterocycles. The summed E-state index contributed by atoms with van der Waals surface area (Å²) in [5.74, 6) is 0. The second-order valence-corrected chi connectivity index (χ2v) is 6.20. The zero-order valence-electron chi connectivity index (χ0n) is 11.5. The van der Waals surface area contributed by atoms with Crippen LogP contribution in [0.3, 0.4) is 0 Å². The predicted octanol–water partition coefficient (Wildman–Crippen LogP) is 3.08. The van der Waals surface area contributed by atoms with Crippen molar-refractivity contribution in [1.82, 2.24) is 4.90 Å². The summed E-state index contributed by atoms with van der Waals surface area (Å²) in [6.07, 6.45) is 11.6. The Morgan fingerprint density at radius 2 is 1.82 bits per heavy atom. The van der Waals surface area contributed by atoms with E-state index in [1.54, 1.807) is 0 Å². The average Bonchev–Trinajstić information content (AvgIpc) is 2.72. The van der Waals surface area contributed by atoms with Crippen LogP contribution in [0.15, 0.2) is 11.6 Å². The molecule has 2 heteroatoms. The lowest BCUT2D eigenvalue weighted by atomic mass is 9.85. The number of allylic oxidation sites excluding steroid dienone is 1. The van der Waals surface area contributed by atoms with Crippen LogP contribution in [0.2, 0.25) is 0 Å². The zero-order chi connectivity index (χ0) is 12.3. The molecule has 0 bridgehead atoms. The van der Waals surface area contributed by atoms with Gasteiger partial charge in [-0.2, -0.15) is 0 Å². The molecule has 1 unspecified atom stereocenters. The van der Waals surface area contributed by atoms with E-state index in [-0.39, 0.29) is 11.6 Å². The molecule has 1 fully saturated rings. The fourth-order valence-electron chi connectivity index (χ4n) is 3.27. The van der Waals surface area contributed by atoms with Crippen molar-refractivity contribution in [3.05, 3.63) is 11.6 Å². The predicted molar refractivity (Wildman–Crippen MR) is 74.0 cm³/mol. The molecular weight excluding hydrogens is 208 g/mol. The van der Waals surface area contributed by atoms with Crippen LogP contribution in [0.25, 0.3) is 0 Å². The minimum Gasteiger partial charge on any atom is -0.323 e. The van der Waals surface area contributed by atoms with Gasteiger partial charge in [0.1, 0.15) is 0 Å². The van der Waals surface area contributed by atoms with Gasteiger partial charge >= 0.3 is 0 Å². The van der Waals surface area contributed by atoms with E-state index in [4.69, 9.17) is 5.73 Å². The van der Waals surface area contributed by atoms with Crippen molar-refractivity contribution < 1.29 is 0 Å². The largest absolute Gasteiger partial charge is 0.323 e. The third kappa shape index (κ3) is 2.92. The molecule has 0 aromatic carbocycles. The summed E-state index contributed by atoms with van der Waals surface area (Å²) in [6.45, 7) is 7.12. The van der Waals surface area contributed by atoms with E-state index in [0.29, 0.717) is 0 Å². The molecule has 2 N–H and O–H groups in total. The van der Waals surface area contributed by atoms with Gasteiger partial charge in [-0.15, -0.1) is 0 Å². The molecule has 0 aromatic rings. The summed E-state index contributed by atoms with van der Waals surface area (Å²) in [4.78, 5) is 2.59. The second kappa shape index (κ2) is 5.53. The summed E-state index contributed by atoms with van der Waals surface area (Å²) in [7, 11) is 0. The first-order valence-corrected chi connectivity index (χ1v) is 7.32. The van der Waals surface area contributed by atoms with E-state index < -0.39 is 0 Å². The fourth-order valence-corrected chi connectivity index (χ4v) is 3.27. The molecule has 0 amide bonds. The Kier molecular flexibility index (Phi) is 4.26. The lowest BCUT2D eigenvalue weighted by Crippen LogP contribution is -2.55. The summed E-state index contributed by atoms with van der Waals surface area (Å²) >= 11 is 0. The number of hydrogen-bond donors (Lipinski definition) is 1. The molecule has 2 nitrogen and oxygen atoms in total. The normalized spacial score (nSPS) is 25.5. The Labute approximate surface area is 106 Å². The number of hydrogen-bond acceptors (Lipinski definition) is 2. The maximum Gasteiger partial charge on any atom is 0.0435 e. The van der Waals surface area contributed by atoms with Crippen LogP contribution in [0.4, 0.5) is 0 Å². The highest BCUT2D eigenvalue weighted by molar-refractivity contribution is 5.18. The van der Waals surface area contributed by atoms with Crippen LogP contribution >= 0.6 is 0 Å². The van der Waals surface area contributed by atoms with Gasteiger partial charge in [-0.3, -0.25) is 4.90 Å². The standard InChI is InChI=1S/C15H28N2/c1-15(2,17-11-7-8-12-17)14(16)13-9-5-3-4-6-10-13/h9,14H,3-8,10-12,16H2,1-2H3. The SMILES string of the molecule is CC(C)(C(N)C1=CCCCCC1)N1CCCC1. The Bertz CT molecular complexity index is 275. The molecule has 1 saturated heterocycles. The second-order valence-electron chi connectivity index (χ2n) is 6.20. The van der Waals surface area contributed by atoms with Gasteiger partial charge in [0.15, 0.2) is 0 Å². The first-order valence-electron chi connectivity index (χ1n) is 7.32. The smallest absolute Gasteiger partial charge is 0.0435 e. The molecule has 98 valence electrons. The quantitative estimate of drug-likeness (QED) is 0.763. The van der Waals surface area contributed by atoms with Crippen LogP contribution in [0.5, 0.6) is 0 Å². The van der Waals surface area contributed by atoms with Crippen molar-refractivity contribution in [2.24, 2.45) is 5.73 Å². The molecule has 0 saturated carbocycles. The Morgan fingerprint density at radius 3 is 2.53 bits per heavy atom. The molecule has 17 heavy (non-hydrogen) atoms. The molecule has 1 aliphatic carbocycles. The highest BCUT2D eigenvalue weighted by atomic mass is 15.2. The van der Waals surface area contributed by atoms with Gasteiger partial charge in [0, 0.05) is 11.6 Å². The average molecular weight is 236 g/mol. The van der Waals surface area contributed by atoms with Crippen LogP contribution in [-0.2, 0) is 0 Å². The Balaban J connectivity index is 2.05. The summed E-state index contributed by atoms with van der Waals surface area (Å²) < 4.78 is 0. The van der Waals surface area contributed by atoms with Crippen molar-refractivity contribution >= 4 is 0 Å². The van der Waals surface area contributed by atoms with E-state index in [1.807, 2.05) is 0 Å². The van der Waals surface area contributed by atoms with Crippen LogP contribution in [0.1, 0.15) is 58.8 Å². The monoisotopic (exact) mass is 236 g/mol. The van der Waals surface area contributed by atoms with Gasteiger partial charge in [-0.1, -0.05) is 18.1 Å². The molecule has 2 rings (SSSR count). The first kappa shape index (κ1) is 13.1. The fraction of sp³-hybridized carbons (Fsp3) is 0.867. The Morgan fingerprint density at radius 1 is 1.12 bits per heavy atom. The van der Waals surface area contributed by atoms with Crippen molar-refractivity contribution in [3.63, 3.8) is 0 Å². The van der Waals surface area contributed by atoms with Crippen molar-refractivity contribution in [3.8, 4) is 0 Å². The molecule has 0 radical (unpaired) electrons.